The zero-order valence-electron chi connectivity index (χ0n) is 7.50. The Labute approximate surface area is 92.0 Å². The van der Waals surface area contributed by atoms with Crippen LogP contribution in [-0.2, 0) is 0 Å². The van der Waals surface area contributed by atoms with E-state index >= 15 is 0 Å². The highest BCUT2D eigenvalue weighted by atomic mass is 79.9. The van der Waals surface area contributed by atoms with Gasteiger partial charge in [0, 0.05) is 0 Å². The largest absolute Gasteiger partial charge is 0.480 e. The maximum Gasteiger partial charge on any atom is 0.337 e. The lowest BCUT2D eigenvalue weighted by atomic mass is 10.2. The van der Waals surface area contributed by atoms with Crippen molar-refractivity contribution in [1.82, 2.24) is 4.98 Å². The molecular formula is C8H6BrF2NO3. The van der Waals surface area contributed by atoms with Crippen LogP contribution in [0.25, 0.3) is 0 Å². The third kappa shape index (κ3) is 2.41. The van der Waals surface area contributed by atoms with E-state index in [0.717, 1.165) is 6.07 Å². The molecule has 82 valence electrons. The standard InChI is InChI=1S/C8H6BrF2NO3/c1-15-7-5(9)3(8(13)14)2-4(12-7)6(10)11/h2,6H,1H3,(H,13,14). The predicted molar refractivity (Wildman–Crippen MR) is 50.4 cm³/mol. The number of methoxy groups -OCH3 is 1. The van der Waals surface area contributed by atoms with Crippen LogP contribution in [0.5, 0.6) is 5.88 Å². The van der Waals surface area contributed by atoms with Crippen LogP contribution in [0.3, 0.4) is 0 Å². The highest BCUT2D eigenvalue weighted by Gasteiger charge is 2.20. The first kappa shape index (κ1) is 11.8. The summed E-state index contributed by atoms with van der Waals surface area (Å²) in [7, 11) is 1.22. The van der Waals surface area contributed by atoms with Crippen LogP contribution in [0, 0.1) is 0 Å². The van der Waals surface area contributed by atoms with E-state index in [9.17, 15) is 13.6 Å². The van der Waals surface area contributed by atoms with Gasteiger partial charge in [-0.25, -0.2) is 18.6 Å². The minimum Gasteiger partial charge on any atom is -0.480 e. The molecule has 7 heteroatoms. The molecule has 0 bridgehead atoms. The Bertz CT molecular complexity index is 398. The summed E-state index contributed by atoms with van der Waals surface area (Å²) in [6.07, 6.45) is -2.84. The van der Waals surface area contributed by atoms with Crippen molar-refractivity contribution < 1.29 is 23.4 Å². The summed E-state index contributed by atoms with van der Waals surface area (Å²) in [6, 6.07) is 0.805. The van der Waals surface area contributed by atoms with Crippen LogP contribution in [0.15, 0.2) is 10.5 Å². The van der Waals surface area contributed by atoms with Crippen molar-refractivity contribution >= 4 is 21.9 Å². The van der Waals surface area contributed by atoms with Crippen molar-refractivity contribution in [3.63, 3.8) is 0 Å². The maximum absolute atomic E-state index is 12.3. The summed E-state index contributed by atoms with van der Waals surface area (Å²) in [6.45, 7) is 0. The van der Waals surface area contributed by atoms with E-state index in [1.165, 1.54) is 7.11 Å². The molecule has 0 spiro atoms. The smallest absolute Gasteiger partial charge is 0.337 e. The quantitative estimate of drug-likeness (QED) is 0.925. The number of carboxylic acids is 1. The third-order valence-electron chi connectivity index (χ3n) is 1.59. The lowest BCUT2D eigenvalue weighted by Gasteiger charge is -2.07. The summed E-state index contributed by atoms with van der Waals surface area (Å²) in [5.41, 5.74) is -0.940. The fraction of sp³-hybridized carbons (Fsp3) is 0.250. The number of carbonyl (C=O) groups is 1. The highest BCUT2D eigenvalue weighted by Crippen LogP contribution is 2.30. The Kier molecular flexibility index (Phi) is 3.57. The van der Waals surface area contributed by atoms with Gasteiger partial charge in [0.25, 0.3) is 6.43 Å². The van der Waals surface area contributed by atoms with E-state index in [4.69, 9.17) is 5.11 Å². The van der Waals surface area contributed by atoms with Crippen molar-refractivity contribution in [2.45, 2.75) is 6.43 Å². The molecule has 1 aromatic heterocycles. The van der Waals surface area contributed by atoms with Crippen LogP contribution >= 0.6 is 15.9 Å². The molecule has 4 nitrogen and oxygen atoms in total. The van der Waals surface area contributed by atoms with E-state index in [2.05, 4.69) is 25.7 Å². The number of ether oxygens (including phenoxy) is 1. The molecule has 15 heavy (non-hydrogen) atoms. The summed E-state index contributed by atoms with van der Waals surface area (Å²) in [5.74, 6) is -1.50. The highest BCUT2D eigenvalue weighted by molar-refractivity contribution is 9.10. The van der Waals surface area contributed by atoms with Gasteiger partial charge in [0.2, 0.25) is 5.88 Å². The van der Waals surface area contributed by atoms with Crippen LogP contribution in [0.2, 0.25) is 0 Å². The number of aromatic carboxylic acids is 1. The Morgan fingerprint density at radius 1 is 1.67 bits per heavy atom. The monoisotopic (exact) mass is 281 g/mol. The van der Waals surface area contributed by atoms with E-state index < -0.39 is 18.1 Å². The summed E-state index contributed by atoms with van der Waals surface area (Å²) in [4.78, 5) is 14.2. The fourth-order valence-electron chi connectivity index (χ4n) is 0.928. The van der Waals surface area contributed by atoms with E-state index in [0.29, 0.717) is 0 Å². The van der Waals surface area contributed by atoms with Crippen molar-refractivity contribution in [2.75, 3.05) is 7.11 Å². The van der Waals surface area contributed by atoms with Gasteiger partial charge >= 0.3 is 5.97 Å². The van der Waals surface area contributed by atoms with E-state index in [1.807, 2.05) is 0 Å². The Morgan fingerprint density at radius 3 is 2.67 bits per heavy atom. The maximum atomic E-state index is 12.3. The van der Waals surface area contributed by atoms with Crippen LogP contribution in [0.4, 0.5) is 8.78 Å². The summed E-state index contributed by atoms with van der Waals surface area (Å²) >= 11 is 2.91. The number of alkyl halides is 2. The number of rotatable bonds is 3. The molecule has 0 aliphatic heterocycles. The number of pyridine rings is 1. The van der Waals surface area contributed by atoms with Gasteiger partial charge in [-0.1, -0.05) is 0 Å². The molecule has 0 aromatic carbocycles. The molecule has 0 saturated heterocycles. The van der Waals surface area contributed by atoms with Gasteiger partial charge in [0.15, 0.2) is 0 Å². The normalized spacial score (nSPS) is 10.5. The Balaban J connectivity index is 3.38. The Hall–Kier alpha value is -1.24. The molecule has 0 amide bonds. The van der Waals surface area contributed by atoms with Crippen LogP contribution in [0.1, 0.15) is 22.5 Å². The lowest BCUT2D eigenvalue weighted by Crippen LogP contribution is -2.04. The second-order valence-electron chi connectivity index (χ2n) is 2.52. The van der Waals surface area contributed by atoms with Crippen molar-refractivity contribution in [3.8, 4) is 5.88 Å². The SMILES string of the molecule is COc1nc(C(F)F)cc(C(=O)O)c1Br. The number of nitrogens with zero attached hydrogens (tertiary/aromatic N) is 1. The molecule has 1 heterocycles. The van der Waals surface area contributed by atoms with Gasteiger partial charge in [-0.05, 0) is 22.0 Å². The minimum absolute atomic E-state index is 0.0434. The second-order valence-corrected chi connectivity index (χ2v) is 3.32. The topological polar surface area (TPSA) is 59.4 Å². The molecular weight excluding hydrogens is 276 g/mol. The summed E-state index contributed by atoms with van der Waals surface area (Å²) in [5, 5.41) is 8.73. The molecule has 0 saturated carbocycles. The number of hydrogen-bond acceptors (Lipinski definition) is 3. The van der Waals surface area contributed by atoms with Crippen molar-refractivity contribution in [1.29, 1.82) is 0 Å². The minimum atomic E-state index is -2.84. The number of carboxylic acid groups (broad SMARTS) is 1. The summed E-state index contributed by atoms with van der Waals surface area (Å²) < 4.78 is 29.4. The van der Waals surface area contributed by atoms with Crippen molar-refractivity contribution in [2.24, 2.45) is 0 Å². The zero-order chi connectivity index (χ0) is 11.6. The molecule has 0 aliphatic rings. The number of halogens is 3. The first-order valence-corrected chi connectivity index (χ1v) is 4.52. The van der Waals surface area contributed by atoms with Gasteiger partial charge in [-0.2, -0.15) is 0 Å². The molecule has 1 aromatic rings. The molecule has 0 aliphatic carbocycles. The third-order valence-corrected chi connectivity index (χ3v) is 2.36. The molecule has 0 radical (unpaired) electrons. The van der Waals surface area contributed by atoms with Crippen molar-refractivity contribution in [3.05, 3.63) is 21.8 Å². The predicted octanol–water partition coefficient (Wildman–Crippen LogP) is 2.49. The first-order chi connectivity index (χ1) is 6.97. The molecule has 0 fully saturated rings. The first-order valence-electron chi connectivity index (χ1n) is 3.73. The Morgan fingerprint density at radius 2 is 2.27 bits per heavy atom. The van der Waals surface area contributed by atoms with Gasteiger partial charge in [-0.3, -0.25) is 0 Å². The molecule has 0 atom stereocenters. The van der Waals surface area contributed by atoms with Gasteiger partial charge < -0.3 is 9.84 Å². The van der Waals surface area contributed by atoms with Gasteiger partial charge in [0.1, 0.15) is 5.69 Å². The number of hydrogen-bond donors (Lipinski definition) is 1. The number of aromatic nitrogens is 1. The zero-order valence-corrected chi connectivity index (χ0v) is 9.09. The van der Waals surface area contributed by atoms with E-state index in [1.54, 1.807) is 0 Å². The van der Waals surface area contributed by atoms with Crippen LogP contribution in [-0.4, -0.2) is 23.2 Å². The second kappa shape index (κ2) is 4.52. The van der Waals surface area contributed by atoms with E-state index in [-0.39, 0.29) is 15.9 Å². The lowest BCUT2D eigenvalue weighted by molar-refractivity contribution is 0.0694. The van der Waals surface area contributed by atoms with Gasteiger partial charge in [-0.15, -0.1) is 0 Å². The molecule has 0 unspecified atom stereocenters. The molecule has 1 N–H and O–H groups in total. The van der Waals surface area contributed by atoms with Gasteiger partial charge in [0.05, 0.1) is 17.1 Å². The average Bonchev–Trinajstić information content (AvgIpc) is 2.17. The molecule has 1 rings (SSSR count). The van der Waals surface area contributed by atoms with Crippen LogP contribution < -0.4 is 4.74 Å². The fourth-order valence-corrected chi connectivity index (χ4v) is 1.46. The average molecular weight is 282 g/mol.